The maximum absolute atomic E-state index is 14.4. The summed E-state index contributed by atoms with van der Waals surface area (Å²) in [5, 5.41) is 23.6. The number of carbonyl (C=O) groups excluding carboxylic acids is 5. The van der Waals surface area contributed by atoms with Crippen LogP contribution in [0, 0.1) is 11.8 Å². The number of aromatic nitrogens is 1. The highest BCUT2D eigenvalue weighted by Crippen LogP contribution is 2.53. The average molecular weight is 2020 g/mol. The number of aliphatic hydroxyl groups excluding tert-OH is 1. The number of quaternary nitrogens is 1. The lowest BCUT2D eigenvalue weighted by atomic mass is 9.71. The Hall–Kier alpha value is -13.4. The minimum absolute atomic E-state index is 0. The summed E-state index contributed by atoms with van der Waals surface area (Å²) >= 11 is 11.4. The van der Waals surface area contributed by atoms with Crippen molar-refractivity contribution in [3.05, 3.63) is 344 Å². The van der Waals surface area contributed by atoms with E-state index in [1.807, 2.05) is 85.1 Å². The number of alkyl halides is 18. The number of halogens is 21. The van der Waals surface area contributed by atoms with Gasteiger partial charge in [0.05, 0.1) is 61.2 Å². The Morgan fingerprint density at radius 3 is 1.55 bits per heavy atom. The second kappa shape index (κ2) is 44.8. The van der Waals surface area contributed by atoms with E-state index in [1.165, 1.54) is 60.7 Å². The molecule has 6 atom stereocenters. The van der Waals surface area contributed by atoms with Crippen LogP contribution in [0.2, 0.25) is 10.0 Å². The van der Waals surface area contributed by atoms with Crippen molar-refractivity contribution in [2.75, 3.05) is 46.4 Å². The summed E-state index contributed by atoms with van der Waals surface area (Å²) in [6, 6.07) is 61.1. The third kappa shape index (κ3) is 26.4. The zero-order valence-corrected chi connectivity index (χ0v) is 75.0. The van der Waals surface area contributed by atoms with Crippen LogP contribution in [-0.2, 0) is 58.7 Å². The molecular formula is C101H86Cl3F18N7O11. The largest absolute Gasteiger partial charge is 1.00 e. The number of fused-ring (bicyclic) bond motifs is 6. The molecule has 4 aliphatic heterocycles. The highest BCUT2D eigenvalue weighted by Gasteiger charge is 2.63. The van der Waals surface area contributed by atoms with Crippen LogP contribution in [0.1, 0.15) is 120 Å². The normalized spacial score (nSPS) is 17.2. The van der Waals surface area contributed by atoms with Gasteiger partial charge < -0.3 is 67.0 Å². The van der Waals surface area contributed by atoms with Crippen LogP contribution in [0.4, 0.5) is 79.0 Å². The van der Waals surface area contributed by atoms with Crippen LogP contribution in [0.5, 0.6) is 23.0 Å². The number of carbonyl (C=O) groups is 5. The fraction of sp³-hybridized carbons (Fsp3) is 0.257. The fourth-order valence-corrected chi connectivity index (χ4v) is 17.2. The molecule has 0 saturated carbocycles. The number of rotatable bonds is 28. The summed E-state index contributed by atoms with van der Waals surface area (Å²) in [5.41, 5.74) is -4.65. The van der Waals surface area contributed by atoms with Gasteiger partial charge in [0.2, 0.25) is 17.6 Å². The first kappa shape index (κ1) is 107. The number of pyridine rings is 1. The first-order chi connectivity index (χ1) is 65.3. The van der Waals surface area contributed by atoms with E-state index >= 15 is 0 Å². The maximum Gasteiger partial charge on any atom is 0.435 e. The van der Waals surface area contributed by atoms with Crippen LogP contribution < -0.4 is 52.6 Å². The smallest absolute Gasteiger partial charge is 0.435 e. The molecule has 11 aromatic carbocycles. The van der Waals surface area contributed by atoms with Gasteiger partial charge in [-0.1, -0.05) is 187 Å². The number of ketones is 1. The van der Waals surface area contributed by atoms with E-state index in [-0.39, 0.29) is 93.6 Å². The molecule has 0 radical (unpaired) electrons. The Kier molecular flexibility index (Phi) is 34.2. The van der Waals surface area contributed by atoms with Crippen molar-refractivity contribution in [2.45, 2.75) is 108 Å². The lowest BCUT2D eigenvalue weighted by Crippen LogP contribution is -3.00. The molecule has 3 fully saturated rings. The SMILES string of the molecule is C.C=CC1C[N+]2(Cc3cc(OCc4ccccc4)c(OCc4ccccc4)c(OCc4ccccc4)c3)CCC1C[C@H]2[C@H](O)c1ccnc2ccc(OC)cc12.O=C(CNC(=O)c1ccc(C(=O)/C=C(\c2cc(Cl)cc(C(F)(F)F)c2)C(F)(F)F)c2ccccc12)NCC(F)(F)F.O=C(CNC(=O)c1ccc(C2=NO[C@@](c3cc(Cl)cc(C(F)(F)F)c3)(C(F)(F)F)C2)c2ccccc12)NCC(F)(F)F.[Cl-]. The van der Waals surface area contributed by atoms with E-state index in [1.54, 1.807) is 17.7 Å². The molecule has 0 aliphatic carbocycles. The summed E-state index contributed by atoms with van der Waals surface area (Å²) in [6.07, 6.45) is -25.6. The molecule has 12 aromatic rings. The Labute approximate surface area is 805 Å². The number of methoxy groups -OCH3 is 1. The van der Waals surface area contributed by atoms with E-state index in [2.05, 4.69) is 82.0 Å². The molecule has 16 rings (SSSR count). The molecule has 4 aliphatic rings. The van der Waals surface area contributed by atoms with E-state index in [0.29, 0.717) is 79.7 Å². The number of aliphatic hydroxyl groups is 1. The number of ether oxygens (including phenoxy) is 4. The second-order valence-electron chi connectivity index (χ2n) is 32.6. The van der Waals surface area contributed by atoms with Gasteiger partial charge in [0, 0.05) is 80.2 Å². The van der Waals surface area contributed by atoms with Gasteiger partial charge in [-0.2, -0.15) is 79.0 Å². The first-order valence-corrected chi connectivity index (χ1v) is 43.0. The zero-order valence-electron chi connectivity index (χ0n) is 72.8. The quantitative estimate of drug-likeness (QED) is 0.0102. The second-order valence-corrected chi connectivity index (χ2v) is 33.4. The van der Waals surface area contributed by atoms with Crippen LogP contribution in [0.25, 0.3) is 38.0 Å². The average Bonchev–Trinajstić information content (AvgIpc) is 1.48. The molecule has 4 amide bonds. The number of hydrogen-bond acceptors (Lipinski definition) is 13. The first-order valence-electron chi connectivity index (χ1n) is 42.2. The number of piperidine rings is 3. The van der Waals surface area contributed by atoms with Crippen molar-refractivity contribution in [3.8, 4) is 23.0 Å². The molecule has 3 saturated heterocycles. The van der Waals surface area contributed by atoms with Crippen molar-refractivity contribution in [1.29, 1.82) is 0 Å². The van der Waals surface area contributed by atoms with Gasteiger partial charge in [0.25, 0.3) is 17.4 Å². The summed E-state index contributed by atoms with van der Waals surface area (Å²) in [7, 11) is 1.67. The fourth-order valence-electron chi connectivity index (χ4n) is 16.7. The molecule has 140 heavy (non-hydrogen) atoms. The Morgan fingerprint density at radius 1 is 0.557 bits per heavy atom. The number of nitrogens with zero attached hydrogens (tertiary/aromatic N) is 3. The standard InChI is InChI=1S/C48H49N2O5.C26H17ClF9N3O3.C26H16ClF9N2O3.CH4.ClH/c1-3-38-30-50(24-22-39(38)27-44(50)47(51)41-21-23-49-43-20-19-40(52-2)28-42(41)43)29-37-25-45(53-31-34-13-7-4-8-14-34)48(55-33-36-17-11-6-12-18-36)46(26-37)54-32-35-15-9-5-10-16-35;27-15-8-13(7-14(9-15)25(31,32)33)23(26(34,35)36)10-20(39-42-23)18-5-6-19(17-4-2-1-3-16(17)18)22(41)37-11-21(40)38-12-24(28,29)30;27-15-8-13(7-14(9-15)25(31,32)33)20(26(34,35)36)10-21(39)18-5-6-19(17-4-2-1-3-16(17)18)23(41)37-11-22(40)38-12-24(28,29)30;;/h3-21,23,25-26,28,38-39,44,47,51H,1,22,24,27,29-33H2,2H3;1-9H,10-12H2,(H,37,41)(H,38,40);1-10H,11-12H2,(H,37,41)(H,38,40);1H4;1H/q+1;;;;/p-1/b;;20-10+;;/t38?,39?,44-,47+,50?;23-;;;/m00.../s1. The van der Waals surface area contributed by atoms with Crippen LogP contribution in [0.15, 0.2) is 267 Å². The number of nitrogens with one attached hydrogen (secondary N) is 4. The van der Waals surface area contributed by atoms with Crippen LogP contribution in [0.3, 0.4) is 0 Å². The van der Waals surface area contributed by atoms with E-state index in [0.717, 1.165) is 87.0 Å². The van der Waals surface area contributed by atoms with E-state index in [9.17, 15) is 108 Å². The summed E-state index contributed by atoms with van der Waals surface area (Å²) in [6.45, 7) is 3.08. The highest BCUT2D eigenvalue weighted by molar-refractivity contribution is 6.31. The molecule has 0 spiro atoms. The lowest BCUT2D eigenvalue weighted by molar-refractivity contribution is -0.984. The van der Waals surface area contributed by atoms with Gasteiger partial charge in [-0.15, -0.1) is 6.58 Å². The van der Waals surface area contributed by atoms with Gasteiger partial charge in [0.1, 0.15) is 57.4 Å². The van der Waals surface area contributed by atoms with Gasteiger partial charge in [-0.3, -0.25) is 29.0 Å². The maximum atomic E-state index is 14.4. The molecule has 18 nitrogen and oxygen atoms in total. The minimum atomic E-state index is -5.27. The number of allylic oxidation sites excluding steroid dienone is 2. The van der Waals surface area contributed by atoms with Gasteiger partial charge in [0.15, 0.2) is 17.3 Å². The molecule has 39 heteroatoms. The molecule has 5 heterocycles. The van der Waals surface area contributed by atoms with E-state index < -0.39 is 149 Å². The Morgan fingerprint density at radius 2 is 1.04 bits per heavy atom. The van der Waals surface area contributed by atoms with Crippen molar-refractivity contribution >= 4 is 96.3 Å². The van der Waals surface area contributed by atoms with Crippen LogP contribution >= 0.6 is 23.2 Å². The number of hydrogen-bond donors (Lipinski definition) is 5. The number of amides is 4. The molecule has 738 valence electrons. The lowest BCUT2D eigenvalue weighted by Gasteiger charge is -2.58. The van der Waals surface area contributed by atoms with Crippen LogP contribution in [-0.4, -0.2) is 127 Å². The van der Waals surface area contributed by atoms with E-state index in [4.69, 9.17) is 47.0 Å². The predicted molar refractivity (Wildman–Crippen MR) is 485 cm³/mol. The third-order valence-electron chi connectivity index (χ3n) is 23.3. The zero-order chi connectivity index (χ0) is 99.5. The highest BCUT2D eigenvalue weighted by atomic mass is 35.5. The van der Waals surface area contributed by atoms with Crippen molar-refractivity contribution in [3.63, 3.8) is 0 Å². The molecular weight excluding hydrogens is 1940 g/mol. The summed E-state index contributed by atoms with van der Waals surface area (Å²) < 4.78 is 264. The Balaban J connectivity index is 0.000000203. The number of oxime groups is 1. The molecule has 2 bridgehead atoms. The minimum Gasteiger partial charge on any atom is -1.00 e. The van der Waals surface area contributed by atoms with Gasteiger partial charge >= 0.3 is 37.1 Å². The monoisotopic (exact) mass is 2020 g/mol. The molecule has 5 N–H and O–H groups in total. The topological polar surface area (TPSA) is 225 Å². The predicted octanol–water partition coefficient (Wildman–Crippen LogP) is 20.5. The summed E-state index contributed by atoms with van der Waals surface area (Å²) in [5.74, 6) is -1.90. The summed E-state index contributed by atoms with van der Waals surface area (Å²) in [4.78, 5) is 71.1. The van der Waals surface area contributed by atoms with Gasteiger partial charge in [-0.25, -0.2) is 0 Å². The third-order valence-corrected chi connectivity index (χ3v) is 23.8. The molecule has 1 aromatic heterocycles. The molecule has 3 unspecified atom stereocenters. The number of benzene rings is 11. The van der Waals surface area contributed by atoms with Crippen molar-refractivity contribution in [2.24, 2.45) is 17.0 Å². The Bertz CT molecular complexity index is 6490. The van der Waals surface area contributed by atoms with Gasteiger partial charge in [-0.05, 0) is 152 Å². The van der Waals surface area contributed by atoms with Crippen molar-refractivity contribution < 1.29 is 149 Å². The van der Waals surface area contributed by atoms with Crippen molar-refractivity contribution in [1.82, 2.24) is 26.3 Å².